The molecule has 1 heterocycles. The molecule has 3 N–H and O–H groups in total. The Bertz CT molecular complexity index is 589. The second-order valence-electron chi connectivity index (χ2n) is 4.73. The van der Waals surface area contributed by atoms with Gasteiger partial charge in [0.2, 0.25) is 10.0 Å². The van der Waals surface area contributed by atoms with Gasteiger partial charge in [0.1, 0.15) is 4.90 Å². The smallest absolute Gasteiger partial charge is 0.243 e. The van der Waals surface area contributed by atoms with Crippen LogP contribution in [-0.2, 0) is 14.8 Å². The molecule has 1 aliphatic heterocycles. The predicted octanol–water partition coefficient (Wildman–Crippen LogP) is 1.88. The van der Waals surface area contributed by atoms with E-state index < -0.39 is 20.7 Å². The van der Waals surface area contributed by atoms with Gasteiger partial charge in [-0.05, 0) is 46.8 Å². The van der Waals surface area contributed by atoms with Crippen molar-refractivity contribution in [3.05, 3.63) is 22.4 Å². The molecule has 8 heteroatoms. The van der Waals surface area contributed by atoms with E-state index in [9.17, 15) is 12.8 Å². The van der Waals surface area contributed by atoms with Crippen LogP contribution in [0.2, 0.25) is 0 Å². The van der Waals surface area contributed by atoms with Crippen molar-refractivity contribution in [2.45, 2.75) is 17.7 Å². The number of ether oxygens (including phenoxy) is 1. The van der Waals surface area contributed by atoms with Crippen LogP contribution in [0.3, 0.4) is 0 Å². The van der Waals surface area contributed by atoms with Crippen molar-refractivity contribution in [3.63, 3.8) is 0 Å². The summed E-state index contributed by atoms with van der Waals surface area (Å²) in [6.45, 7) is 1.62. The third kappa shape index (κ3) is 3.69. The number of nitrogens with two attached hydrogens (primary N) is 1. The fourth-order valence-corrected chi connectivity index (χ4v) is 3.85. The summed E-state index contributed by atoms with van der Waals surface area (Å²) in [6, 6.07) is 2.44. The minimum Gasteiger partial charge on any atom is -0.399 e. The molecule has 0 spiro atoms. The number of rotatable bonds is 5. The van der Waals surface area contributed by atoms with E-state index in [1.165, 1.54) is 6.07 Å². The van der Waals surface area contributed by atoms with E-state index in [1.54, 1.807) is 0 Å². The van der Waals surface area contributed by atoms with Crippen LogP contribution < -0.4 is 10.5 Å². The summed E-state index contributed by atoms with van der Waals surface area (Å²) in [6.07, 6.45) is 1.60. The van der Waals surface area contributed by atoms with Crippen molar-refractivity contribution in [2.75, 3.05) is 25.5 Å². The van der Waals surface area contributed by atoms with Gasteiger partial charge < -0.3 is 10.5 Å². The molecule has 0 aromatic heterocycles. The standard InChI is InChI=1S/C12H16BrFN2O3S/c13-10-5-9(15)6-11(12(10)14)20(17,18)16-3-1-8-2-4-19-7-8/h5-6,8,16H,1-4,7,15H2. The van der Waals surface area contributed by atoms with E-state index in [4.69, 9.17) is 10.5 Å². The summed E-state index contributed by atoms with van der Waals surface area (Å²) in [5.74, 6) is -0.481. The molecule has 1 aliphatic rings. The molecule has 0 aliphatic carbocycles. The third-order valence-electron chi connectivity index (χ3n) is 3.18. The van der Waals surface area contributed by atoms with Crippen molar-refractivity contribution < 1.29 is 17.5 Å². The van der Waals surface area contributed by atoms with Gasteiger partial charge in [-0.3, -0.25) is 0 Å². The molecule has 1 atom stereocenters. The van der Waals surface area contributed by atoms with Gasteiger partial charge in [0.05, 0.1) is 4.47 Å². The molecule has 20 heavy (non-hydrogen) atoms. The Kier molecular flexibility index (Phi) is 5.00. The summed E-state index contributed by atoms with van der Waals surface area (Å²) in [4.78, 5) is -0.438. The first-order valence-corrected chi connectivity index (χ1v) is 8.49. The zero-order valence-corrected chi connectivity index (χ0v) is 13.1. The van der Waals surface area contributed by atoms with Crippen LogP contribution >= 0.6 is 15.9 Å². The highest BCUT2D eigenvalue weighted by Crippen LogP contribution is 2.26. The Hall–Kier alpha value is -0.700. The van der Waals surface area contributed by atoms with E-state index in [-0.39, 0.29) is 16.7 Å². The lowest BCUT2D eigenvalue weighted by molar-refractivity contribution is 0.184. The zero-order chi connectivity index (χ0) is 14.8. The van der Waals surface area contributed by atoms with E-state index >= 15 is 0 Å². The highest BCUT2D eigenvalue weighted by Gasteiger charge is 2.22. The SMILES string of the molecule is Nc1cc(Br)c(F)c(S(=O)(=O)NCCC2CCOC2)c1. The van der Waals surface area contributed by atoms with Gasteiger partial charge >= 0.3 is 0 Å². The molecule has 0 amide bonds. The van der Waals surface area contributed by atoms with Gasteiger partial charge in [-0.2, -0.15) is 0 Å². The molecule has 1 aromatic carbocycles. The van der Waals surface area contributed by atoms with Crippen molar-refractivity contribution in [1.29, 1.82) is 0 Å². The Balaban J connectivity index is 2.06. The number of halogens is 2. The molecule has 0 radical (unpaired) electrons. The van der Waals surface area contributed by atoms with Crippen LogP contribution in [0.1, 0.15) is 12.8 Å². The fourth-order valence-electron chi connectivity index (χ4n) is 2.07. The Labute approximate surface area is 125 Å². The molecule has 1 fully saturated rings. The first-order valence-electron chi connectivity index (χ1n) is 6.22. The predicted molar refractivity (Wildman–Crippen MR) is 77.2 cm³/mol. The Morgan fingerprint density at radius 3 is 2.90 bits per heavy atom. The average molecular weight is 367 g/mol. The number of nitrogen functional groups attached to an aromatic ring is 1. The summed E-state index contributed by atoms with van der Waals surface area (Å²) in [7, 11) is -3.90. The van der Waals surface area contributed by atoms with Gasteiger partial charge in [0.15, 0.2) is 5.82 Å². The van der Waals surface area contributed by atoms with Crippen LogP contribution in [0.25, 0.3) is 0 Å². The highest BCUT2D eigenvalue weighted by atomic mass is 79.9. The lowest BCUT2D eigenvalue weighted by atomic mass is 10.1. The third-order valence-corrected chi connectivity index (χ3v) is 5.21. The lowest BCUT2D eigenvalue weighted by Gasteiger charge is -2.11. The van der Waals surface area contributed by atoms with Gasteiger partial charge in [0, 0.05) is 25.4 Å². The van der Waals surface area contributed by atoms with Crippen molar-refractivity contribution >= 4 is 31.6 Å². The maximum atomic E-state index is 13.9. The maximum Gasteiger partial charge on any atom is 0.243 e. The summed E-state index contributed by atoms with van der Waals surface area (Å²) in [5.41, 5.74) is 5.73. The number of hydrogen-bond donors (Lipinski definition) is 2. The number of nitrogens with one attached hydrogen (secondary N) is 1. The molecule has 1 unspecified atom stereocenters. The molecule has 2 rings (SSSR count). The summed E-state index contributed by atoms with van der Waals surface area (Å²) in [5, 5.41) is 0. The van der Waals surface area contributed by atoms with Crippen LogP contribution in [-0.4, -0.2) is 28.2 Å². The number of sulfonamides is 1. The van der Waals surface area contributed by atoms with Crippen LogP contribution in [0.5, 0.6) is 0 Å². The summed E-state index contributed by atoms with van der Waals surface area (Å²) >= 11 is 2.95. The van der Waals surface area contributed by atoms with Gasteiger partial charge in [-0.15, -0.1) is 0 Å². The molecule has 0 bridgehead atoms. The van der Waals surface area contributed by atoms with E-state index in [0.717, 1.165) is 12.5 Å². The van der Waals surface area contributed by atoms with Crippen LogP contribution in [0.4, 0.5) is 10.1 Å². The molecule has 1 saturated heterocycles. The average Bonchev–Trinajstić information content (AvgIpc) is 2.86. The quantitative estimate of drug-likeness (QED) is 0.779. The second kappa shape index (κ2) is 6.38. The van der Waals surface area contributed by atoms with Crippen molar-refractivity contribution in [3.8, 4) is 0 Å². The minimum absolute atomic E-state index is 0.0297. The van der Waals surface area contributed by atoms with Gasteiger partial charge in [-0.1, -0.05) is 0 Å². The second-order valence-corrected chi connectivity index (χ2v) is 7.32. The van der Waals surface area contributed by atoms with E-state index in [2.05, 4.69) is 20.7 Å². The van der Waals surface area contributed by atoms with Gasteiger partial charge in [0.25, 0.3) is 0 Å². The summed E-state index contributed by atoms with van der Waals surface area (Å²) < 4.78 is 45.7. The minimum atomic E-state index is -3.90. The zero-order valence-electron chi connectivity index (χ0n) is 10.7. The maximum absolute atomic E-state index is 13.9. The van der Waals surface area contributed by atoms with Gasteiger partial charge in [-0.25, -0.2) is 17.5 Å². The van der Waals surface area contributed by atoms with Crippen LogP contribution in [0.15, 0.2) is 21.5 Å². The normalized spacial score (nSPS) is 19.4. The molecule has 112 valence electrons. The molecular weight excluding hydrogens is 351 g/mol. The number of hydrogen-bond acceptors (Lipinski definition) is 4. The highest BCUT2D eigenvalue weighted by molar-refractivity contribution is 9.10. The van der Waals surface area contributed by atoms with E-state index in [0.29, 0.717) is 25.6 Å². The lowest BCUT2D eigenvalue weighted by Crippen LogP contribution is -2.27. The molecule has 1 aromatic rings. The Morgan fingerprint density at radius 2 is 2.25 bits per heavy atom. The Morgan fingerprint density at radius 1 is 1.50 bits per heavy atom. The first kappa shape index (κ1) is 15.7. The topological polar surface area (TPSA) is 81.4 Å². The number of anilines is 1. The van der Waals surface area contributed by atoms with Crippen molar-refractivity contribution in [2.24, 2.45) is 5.92 Å². The van der Waals surface area contributed by atoms with Crippen molar-refractivity contribution in [1.82, 2.24) is 4.72 Å². The number of benzene rings is 1. The molecule has 0 saturated carbocycles. The largest absolute Gasteiger partial charge is 0.399 e. The molecule has 5 nitrogen and oxygen atoms in total. The van der Waals surface area contributed by atoms with Crippen LogP contribution in [0, 0.1) is 11.7 Å². The monoisotopic (exact) mass is 366 g/mol. The fraction of sp³-hybridized carbons (Fsp3) is 0.500. The van der Waals surface area contributed by atoms with E-state index in [1.807, 2.05) is 0 Å². The first-order chi connectivity index (χ1) is 9.40. The molecular formula is C12H16BrFN2O3S.